The van der Waals surface area contributed by atoms with Crippen LogP contribution in [-0.4, -0.2) is 48.6 Å². The molecular weight excluding hydrogens is 196 g/mol. The van der Waals surface area contributed by atoms with Crippen LogP contribution < -0.4 is 5.32 Å². The second-order valence-corrected chi connectivity index (χ2v) is 4.16. The van der Waals surface area contributed by atoms with E-state index in [1.807, 2.05) is 6.92 Å². The van der Waals surface area contributed by atoms with Gasteiger partial charge in [0, 0.05) is 12.6 Å². The van der Waals surface area contributed by atoms with E-state index in [0.29, 0.717) is 6.61 Å². The van der Waals surface area contributed by atoms with Crippen molar-refractivity contribution in [2.24, 2.45) is 0 Å². The number of hydrogen-bond donors (Lipinski definition) is 1. The van der Waals surface area contributed by atoms with E-state index in [-0.39, 0.29) is 37.0 Å². The highest BCUT2D eigenvalue weighted by molar-refractivity contribution is 5.92. The van der Waals surface area contributed by atoms with Crippen LogP contribution >= 0.6 is 0 Å². The Kier molecular flexibility index (Phi) is 2.90. The van der Waals surface area contributed by atoms with E-state index in [2.05, 4.69) is 5.32 Å². The third-order valence-electron chi connectivity index (χ3n) is 2.97. The Morgan fingerprint density at radius 3 is 3.00 bits per heavy atom. The number of amides is 2. The molecule has 0 bridgehead atoms. The van der Waals surface area contributed by atoms with Crippen molar-refractivity contribution in [2.75, 3.05) is 19.7 Å². The van der Waals surface area contributed by atoms with Gasteiger partial charge in [0.05, 0.1) is 19.2 Å². The molecule has 1 N–H and O–H groups in total. The molecule has 2 aliphatic rings. The highest BCUT2D eigenvalue weighted by atomic mass is 16.5. The van der Waals surface area contributed by atoms with E-state index < -0.39 is 0 Å². The molecule has 2 amide bonds. The van der Waals surface area contributed by atoms with Gasteiger partial charge in [0.1, 0.15) is 0 Å². The van der Waals surface area contributed by atoms with E-state index >= 15 is 0 Å². The van der Waals surface area contributed by atoms with Crippen molar-refractivity contribution in [3.8, 4) is 0 Å². The van der Waals surface area contributed by atoms with Gasteiger partial charge < -0.3 is 15.0 Å². The van der Waals surface area contributed by atoms with Crippen LogP contribution in [-0.2, 0) is 14.3 Å². The molecule has 84 valence electrons. The highest BCUT2D eigenvalue weighted by Gasteiger charge is 2.32. The van der Waals surface area contributed by atoms with Gasteiger partial charge in [0.15, 0.2) is 0 Å². The summed E-state index contributed by atoms with van der Waals surface area (Å²) in [6.45, 7) is 3.03. The predicted molar refractivity (Wildman–Crippen MR) is 53.2 cm³/mol. The first kappa shape index (κ1) is 10.4. The number of piperazine rings is 1. The first-order chi connectivity index (χ1) is 7.16. The first-order valence-electron chi connectivity index (χ1n) is 5.34. The van der Waals surface area contributed by atoms with Gasteiger partial charge in [-0.3, -0.25) is 9.59 Å². The topological polar surface area (TPSA) is 58.6 Å². The molecule has 5 heteroatoms. The third-order valence-corrected chi connectivity index (χ3v) is 2.97. The van der Waals surface area contributed by atoms with Gasteiger partial charge in [-0.15, -0.1) is 0 Å². The molecule has 2 aliphatic heterocycles. The number of nitrogens with zero attached hydrogens (tertiary/aromatic N) is 1. The minimum absolute atomic E-state index is 0.0219. The molecule has 2 rings (SSSR count). The SMILES string of the molecule is CC1CC(N2CC(=O)NCC2=O)CCO1. The fourth-order valence-electron chi connectivity index (χ4n) is 2.16. The van der Waals surface area contributed by atoms with Crippen LogP contribution in [0.5, 0.6) is 0 Å². The van der Waals surface area contributed by atoms with E-state index in [0.717, 1.165) is 12.8 Å². The normalized spacial score (nSPS) is 32.7. The van der Waals surface area contributed by atoms with Crippen LogP contribution in [0.3, 0.4) is 0 Å². The van der Waals surface area contributed by atoms with Crippen molar-refractivity contribution >= 4 is 11.8 Å². The van der Waals surface area contributed by atoms with Crippen LogP contribution in [0.4, 0.5) is 0 Å². The Labute approximate surface area is 88.8 Å². The molecule has 2 saturated heterocycles. The van der Waals surface area contributed by atoms with Crippen molar-refractivity contribution in [1.82, 2.24) is 10.2 Å². The quantitative estimate of drug-likeness (QED) is 0.638. The minimum atomic E-state index is -0.0613. The van der Waals surface area contributed by atoms with E-state index in [1.165, 1.54) is 0 Å². The zero-order chi connectivity index (χ0) is 10.8. The van der Waals surface area contributed by atoms with Crippen LogP contribution in [0.1, 0.15) is 19.8 Å². The average Bonchev–Trinajstić information content (AvgIpc) is 2.22. The third kappa shape index (κ3) is 2.28. The maximum absolute atomic E-state index is 11.6. The Bertz CT molecular complexity index is 280. The van der Waals surface area contributed by atoms with Crippen LogP contribution in [0.15, 0.2) is 0 Å². The Balaban J connectivity index is 2.01. The van der Waals surface area contributed by atoms with E-state index in [1.54, 1.807) is 4.90 Å². The molecule has 0 aliphatic carbocycles. The highest BCUT2D eigenvalue weighted by Crippen LogP contribution is 2.19. The maximum atomic E-state index is 11.6. The predicted octanol–water partition coefficient (Wildman–Crippen LogP) is -0.488. The summed E-state index contributed by atoms with van der Waals surface area (Å²) in [5.74, 6) is -0.0394. The zero-order valence-corrected chi connectivity index (χ0v) is 8.86. The minimum Gasteiger partial charge on any atom is -0.378 e. The van der Waals surface area contributed by atoms with Gasteiger partial charge in [0.25, 0.3) is 0 Å². The standard InChI is InChI=1S/C10H16N2O3/c1-7-4-8(2-3-15-7)12-6-9(13)11-5-10(12)14/h7-8H,2-6H2,1H3,(H,11,13). The molecular formula is C10H16N2O3. The summed E-state index contributed by atoms with van der Waals surface area (Å²) in [4.78, 5) is 24.5. The van der Waals surface area contributed by atoms with E-state index in [4.69, 9.17) is 4.74 Å². The zero-order valence-electron chi connectivity index (χ0n) is 8.86. The van der Waals surface area contributed by atoms with E-state index in [9.17, 15) is 9.59 Å². The monoisotopic (exact) mass is 212 g/mol. The molecule has 0 spiro atoms. The molecule has 0 saturated carbocycles. The number of rotatable bonds is 1. The fraction of sp³-hybridized carbons (Fsp3) is 0.800. The van der Waals surface area contributed by atoms with Gasteiger partial charge in [-0.05, 0) is 19.8 Å². The van der Waals surface area contributed by atoms with Gasteiger partial charge in [-0.1, -0.05) is 0 Å². The van der Waals surface area contributed by atoms with Crippen molar-refractivity contribution in [3.05, 3.63) is 0 Å². The largest absolute Gasteiger partial charge is 0.378 e. The average molecular weight is 212 g/mol. The summed E-state index contributed by atoms with van der Waals surface area (Å²) < 4.78 is 5.42. The van der Waals surface area contributed by atoms with Crippen molar-refractivity contribution in [2.45, 2.75) is 31.9 Å². The maximum Gasteiger partial charge on any atom is 0.242 e. The van der Waals surface area contributed by atoms with Gasteiger partial charge >= 0.3 is 0 Å². The Morgan fingerprint density at radius 2 is 2.27 bits per heavy atom. The first-order valence-corrected chi connectivity index (χ1v) is 5.34. The number of carbonyl (C=O) groups excluding carboxylic acids is 2. The van der Waals surface area contributed by atoms with Crippen LogP contribution in [0.25, 0.3) is 0 Å². The summed E-state index contributed by atoms with van der Waals surface area (Å²) in [7, 11) is 0. The van der Waals surface area contributed by atoms with Crippen molar-refractivity contribution in [3.63, 3.8) is 0 Å². The lowest BCUT2D eigenvalue weighted by atomic mass is 10.0. The lowest BCUT2D eigenvalue weighted by Gasteiger charge is -2.38. The smallest absolute Gasteiger partial charge is 0.242 e. The Hall–Kier alpha value is -1.10. The summed E-state index contributed by atoms with van der Waals surface area (Å²) in [5.41, 5.74) is 0. The molecule has 0 radical (unpaired) electrons. The fourth-order valence-corrected chi connectivity index (χ4v) is 2.16. The van der Waals surface area contributed by atoms with Crippen molar-refractivity contribution in [1.29, 1.82) is 0 Å². The molecule has 0 aromatic carbocycles. The second-order valence-electron chi connectivity index (χ2n) is 4.16. The molecule has 2 fully saturated rings. The van der Waals surface area contributed by atoms with Crippen LogP contribution in [0, 0.1) is 0 Å². The summed E-state index contributed by atoms with van der Waals surface area (Å²) in [6, 6.07) is 0.173. The lowest BCUT2D eigenvalue weighted by Crippen LogP contribution is -2.56. The molecule has 0 aromatic rings. The molecule has 0 aromatic heterocycles. The summed E-state index contributed by atoms with van der Waals surface area (Å²) in [6.07, 6.45) is 1.85. The van der Waals surface area contributed by atoms with Gasteiger partial charge in [0.2, 0.25) is 11.8 Å². The number of nitrogens with one attached hydrogen (secondary N) is 1. The number of hydrogen-bond acceptors (Lipinski definition) is 3. The molecule has 15 heavy (non-hydrogen) atoms. The Morgan fingerprint density at radius 1 is 1.47 bits per heavy atom. The lowest BCUT2D eigenvalue weighted by molar-refractivity contribution is -0.145. The molecule has 2 unspecified atom stereocenters. The van der Waals surface area contributed by atoms with Gasteiger partial charge in [-0.2, -0.15) is 0 Å². The van der Waals surface area contributed by atoms with Crippen LogP contribution in [0.2, 0.25) is 0 Å². The summed E-state index contributed by atoms with van der Waals surface area (Å²) in [5, 5.41) is 2.55. The molecule has 2 heterocycles. The number of ether oxygens (including phenoxy) is 1. The number of carbonyl (C=O) groups is 2. The second kappa shape index (κ2) is 4.18. The molecule has 5 nitrogen and oxygen atoms in total. The van der Waals surface area contributed by atoms with Gasteiger partial charge in [-0.25, -0.2) is 0 Å². The molecule has 2 atom stereocenters. The van der Waals surface area contributed by atoms with Crippen molar-refractivity contribution < 1.29 is 14.3 Å². The summed E-state index contributed by atoms with van der Waals surface area (Å²) >= 11 is 0.